The second-order valence-corrected chi connectivity index (χ2v) is 5.33. The minimum absolute atomic E-state index is 0.213. The molecule has 0 saturated carbocycles. The number of amides is 2. The van der Waals surface area contributed by atoms with Gasteiger partial charge in [0, 0.05) is 32.4 Å². The van der Waals surface area contributed by atoms with Crippen LogP contribution in [0.15, 0.2) is 12.4 Å². The molecule has 7 nitrogen and oxygen atoms in total. The molecule has 1 rings (SSSR count). The molecule has 2 amide bonds. The van der Waals surface area contributed by atoms with Crippen LogP contribution in [0.25, 0.3) is 0 Å². The largest absolute Gasteiger partial charge is 0.480 e. The highest BCUT2D eigenvalue weighted by molar-refractivity contribution is 5.80. The minimum atomic E-state index is -1.01. The molecular weight excluding hydrogens is 260 g/mol. The minimum Gasteiger partial charge on any atom is -0.480 e. The Labute approximate surface area is 118 Å². The number of urea groups is 1. The third-order valence-corrected chi connectivity index (χ3v) is 2.69. The summed E-state index contributed by atoms with van der Waals surface area (Å²) in [5.41, 5.74) is 0.906. The molecule has 0 fully saturated rings. The Bertz CT molecular complexity index is 470. The summed E-state index contributed by atoms with van der Waals surface area (Å²) in [5, 5.41) is 12.9. The van der Waals surface area contributed by atoms with Crippen LogP contribution in [0.3, 0.4) is 0 Å². The van der Waals surface area contributed by atoms with Crippen LogP contribution in [0.2, 0.25) is 0 Å². The Morgan fingerprint density at radius 2 is 2.10 bits per heavy atom. The topological polar surface area (TPSA) is 78.7 Å². The highest BCUT2D eigenvalue weighted by atomic mass is 16.4. The van der Waals surface area contributed by atoms with Crippen LogP contribution in [0.1, 0.15) is 19.4 Å². The van der Waals surface area contributed by atoms with Crippen LogP contribution in [0, 0.1) is 5.92 Å². The number of aromatic nitrogens is 2. The molecule has 0 aliphatic heterocycles. The van der Waals surface area contributed by atoms with E-state index in [1.165, 1.54) is 9.80 Å². The average molecular weight is 282 g/mol. The lowest BCUT2D eigenvalue weighted by atomic mass is 10.2. The highest BCUT2D eigenvalue weighted by Gasteiger charge is 2.21. The maximum atomic E-state index is 12.3. The number of aliphatic carboxylic acids is 1. The predicted octanol–water partition coefficient (Wildman–Crippen LogP) is 1.01. The summed E-state index contributed by atoms with van der Waals surface area (Å²) in [6.07, 6.45) is 3.52. The lowest BCUT2D eigenvalue weighted by molar-refractivity contribution is -0.137. The fourth-order valence-electron chi connectivity index (χ4n) is 1.95. The average Bonchev–Trinajstić information content (AvgIpc) is 2.71. The molecule has 7 heteroatoms. The van der Waals surface area contributed by atoms with E-state index in [1.54, 1.807) is 25.0 Å². The summed E-state index contributed by atoms with van der Waals surface area (Å²) >= 11 is 0. The second-order valence-electron chi connectivity index (χ2n) is 5.33. The van der Waals surface area contributed by atoms with Gasteiger partial charge in [0.2, 0.25) is 0 Å². The van der Waals surface area contributed by atoms with Crippen LogP contribution in [0.4, 0.5) is 4.79 Å². The van der Waals surface area contributed by atoms with E-state index in [1.807, 2.05) is 20.0 Å². The lowest BCUT2D eigenvalue weighted by Gasteiger charge is -2.28. The quantitative estimate of drug-likeness (QED) is 0.844. The molecule has 0 bridgehead atoms. The summed E-state index contributed by atoms with van der Waals surface area (Å²) in [6.45, 7) is 4.43. The van der Waals surface area contributed by atoms with E-state index in [-0.39, 0.29) is 18.5 Å². The van der Waals surface area contributed by atoms with Crippen molar-refractivity contribution >= 4 is 12.0 Å². The molecule has 0 aliphatic rings. The Kier molecular flexibility index (Phi) is 5.54. The number of carboxylic acid groups (broad SMARTS) is 1. The summed E-state index contributed by atoms with van der Waals surface area (Å²) < 4.78 is 1.66. The Morgan fingerprint density at radius 1 is 1.45 bits per heavy atom. The van der Waals surface area contributed by atoms with Crippen molar-refractivity contribution in [3.05, 3.63) is 18.0 Å². The zero-order chi connectivity index (χ0) is 15.3. The summed E-state index contributed by atoms with van der Waals surface area (Å²) in [4.78, 5) is 26.0. The molecule has 0 aliphatic carbocycles. The fraction of sp³-hybridized carbons (Fsp3) is 0.615. The van der Waals surface area contributed by atoms with Crippen molar-refractivity contribution in [2.45, 2.75) is 20.4 Å². The summed E-state index contributed by atoms with van der Waals surface area (Å²) in [6, 6.07) is -0.287. The van der Waals surface area contributed by atoms with Crippen molar-refractivity contribution < 1.29 is 14.7 Å². The zero-order valence-corrected chi connectivity index (χ0v) is 12.4. The second kappa shape index (κ2) is 6.93. The summed E-state index contributed by atoms with van der Waals surface area (Å²) in [5.74, 6) is -0.793. The Morgan fingerprint density at radius 3 is 2.55 bits per heavy atom. The van der Waals surface area contributed by atoms with Gasteiger partial charge in [-0.3, -0.25) is 9.48 Å². The van der Waals surface area contributed by atoms with Crippen molar-refractivity contribution in [3.8, 4) is 0 Å². The maximum absolute atomic E-state index is 12.3. The van der Waals surface area contributed by atoms with Gasteiger partial charge in [0.25, 0.3) is 0 Å². The van der Waals surface area contributed by atoms with Crippen LogP contribution in [0.5, 0.6) is 0 Å². The number of aryl methyl sites for hydroxylation is 1. The zero-order valence-electron chi connectivity index (χ0n) is 12.4. The maximum Gasteiger partial charge on any atom is 0.323 e. The Hall–Kier alpha value is -2.05. The monoisotopic (exact) mass is 282 g/mol. The van der Waals surface area contributed by atoms with Crippen molar-refractivity contribution in [1.29, 1.82) is 0 Å². The van der Waals surface area contributed by atoms with E-state index in [4.69, 9.17) is 5.11 Å². The molecule has 1 aromatic rings. The normalized spacial score (nSPS) is 10.7. The number of nitrogens with zero attached hydrogens (tertiary/aromatic N) is 4. The van der Waals surface area contributed by atoms with Crippen LogP contribution in [-0.4, -0.2) is 56.8 Å². The first kappa shape index (κ1) is 16.0. The molecule has 0 unspecified atom stereocenters. The van der Waals surface area contributed by atoms with Gasteiger partial charge in [0.15, 0.2) is 0 Å². The molecule has 20 heavy (non-hydrogen) atoms. The number of carboxylic acids is 1. The van der Waals surface area contributed by atoms with Gasteiger partial charge in [-0.2, -0.15) is 5.10 Å². The van der Waals surface area contributed by atoms with Gasteiger partial charge < -0.3 is 14.9 Å². The first-order chi connectivity index (χ1) is 9.29. The van der Waals surface area contributed by atoms with E-state index in [9.17, 15) is 9.59 Å². The van der Waals surface area contributed by atoms with Crippen LogP contribution >= 0.6 is 0 Å². The molecule has 112 valence electrons. The molecule has 1 aromatic heterocycles. The lowest BCUT2D eigenvalue weighted by Crippen LogP contribution is -2.45. The van der Waals surface area contributed by atoms with Crippen LogP contribution < -0.4 is 0 Å². The molecule has 0 spiro atoms. The van der Waals surface area contributed by atoms with Gasteiger partial charge in [-0.15, -0.1) is 0 Å². The van der Waals surface area contributed by atoms with Gasteiger partial charge in [0.1, 0.15) is 6.54 Å². The Balaban J connectivity index is 2.69. The molecule has 0 aromatic carbocycles. The van der Waals surface area contributed by atoms with E-state index >= 15 is 0 Å². The first-order valence-corrected chi connectivity index (χ1v) is 6.49. The highest BCUT2D eigenvalue weighted by Crippen LogP contribution is 2.07. The third-order valence-electron chi connectivity index (χ3n) is 2.69. The van der Waals surface area contributed by atoms with Gasteiger partial charge in [-0.05, 0) is 5.92 Å². The number of carbonyl (C=O) groups excluding carboxylic acids is 1. The number of rotatable bonds is 6. The molecular formula is C13H22N4O3. The molecule has 1 heterocycles. The molecule has 0 atom stereocenters. The van der Waals surface area contributed by atoms with Crippen molar-refractivity contribution in [2.75, 3.05) is 20.1 Å². The molecule has 1 N–H and O–H groups in total. The molecule has 0 radical (unpaired) electrons. The number of hydrogen-bond donors (Lipinski definition) is 1. The smallest absolute Gasteiger partial charge is 0.323 e. The van der Waals surface area contributed by atoms with Crippen LogP contribution in [-0.2, 0) is 18.4 Å². The first-order valence-electron chi connectivity index (χ1n) is 6.49. The molecule has 0 saturated heterocycles. The van der Waals surface area contributed by atoms with E-state index in [2.05, 4.69) is 5.10 Å². The summed E-state index contributed by atoms with van der Waals surface area (Å²) in [7, 11) is 3.46. The van der Waals surface area contributed by atoms with Gasteiger partial charge >= 0.3 is 12.0 Å². The van der Waals surface area contributed by atoms with E-state index in [0.717, 1.165) is 5.56 Å². The van der Waals surface area contributed by atoms with Gasteiger partial charge in [-0.1, -0.05) is 13.8 Å². The number of hydrogen-bond acceptors (Lipinski definition) is 3. The van der Waals surface area contributed by atoms with Gasteiger partial charge in [-0.25, -0.2) is 4.79 Å². The van der Waals surface area contributed by atoms with Gasteiger partial charge in [0.05, 0.1) is 12.7 Å². The number of carbonyl (C=O) groups is 2. The van der Waals surface area contributed by atoms with Crippen molar-refractivity contribution in [2.24, 2.45) is 13.0 Å². The van der Waals surface area contributed by atoms with E-state index in [0.29, 0.717) is 13.1 Å². The third kappa shape index (κ3) is 4.91. The predicted molar refractivity (Wildman–Crippen MR) is 74.1 cm³/mol. The SMILES string of the molecule is CC(C)CN(CC(=O)O)C(=O)N(C)Cc1cnn(C)c1. The standard InChI is InChI=1S/C13H22N4O3/c1-10(2)6-17(9-12(18)19)13(20)15(3)7-11-5-14-16(4)8-11/h5,8,10H,6-7,9H2,1-4H3,(H,18,19). The van der Waals surface area contributed by atoms with Crippen molar-refractivity contribution in [1.82, 2.24) is 19.6 Å². The fourth-order valence-corrected chi connectivity index (χ4v) is 1.95. The van der Waals surface area contributed by atoms with Crippen molar-refractivity contribution in [3.63, 3.8) is 0 Å². The van der Waals surface area contributed by atoms with E-state index < -0.39 is 5.97 Å².